The summed E-state index contributed by atoms with van der Waals surface area (Å²) in [6.45, 7) is 12.5. The van der Waals surface area contributed by atoms with Crippen LogP contribution in [0.3, 0.4) is 0 Å². The second kappa shape index (κ2) is 6.04. The van der Waals surface area contributed by atoms with Gasteiger partial charge in [-0.15, -0.1) is 0 Å². The van der Waals surface area contributed by atoms with E-state index in [1.54, 1.807) is 0 Å². The van der Waals surface area contributed by atoms with E-state index in [1.807, 2.05) is 22.9 Å². The average molecular weight is 335 g/mol. The van der Waals surface area contributed by atoms with Gasteiger partial charge >= 0.3 is 7.12 Å². The summed E-state index contributed by atoms with van der Waals surface area (Å²) < 4.78 is 12.3. The molecule has 3 aliphatic rings. The van der Waals surface area contributed by atoms with Crippen molar-refractivity contribution in [2.75, 3.05) is 46.8 Å². The van der Waals surface area contributed by atoms with Gasteiger partial charge in [0.2, 0.25) is 0 Å². The van der Waals surface area contributed by atoms with Crippen molar-refractivity contribution in [3.8, 4) is 0 Å². The average Bonchev–Trinajstić information content (AvgIpc) is 2.97. The predicted molar refractivity (Wildman–Crippen MR) is 94.6 cm³/mol. The van der Waals surface area contributed by atoms with Crippen LogP contribution in [0.5, 0.6) is 0 Å². The summed E-state index contributed by atoms with van der Waals surface area (Å²) in [5.74, 6) is 0.215. The minimum atomic E-state index is -0.339. The molecule has 6 nitrogen and oxygen atoms in total. The normalized spacial score (nSPS) is 30.0. The minimum Gasteiger partial charge on any atom is -0.403 e. The third-order valence-electron chi connectivity index (χ3n) is 5.90. The molecule has 2 fully saturated rings. The van der Waals surface area contributed by atoms with E-state index < -0.39 is 0 Å². The van der Waals surface area contributed by atoms with E-state index >= 15 is 0 Å². The third kappa shape index (κ3) is 3.09. The minimum absolute atomic E-state index is 0.0856. The molecule has 1 unspecified atom stereocenters. The van der Waals surface area contributed by atoms with Gasteiger partial charge in [0.1, 0.15) is 0 Å². The van der Waals surface area contributed by atoms with E-state index in [2.05, 4.69) is 39.6 Å². The first-order valence-electron chi connectivity index (χ1n) is 8.87. The smallest absolute Gasteiger partial charge is 0.403 e. The molecule has 0 saturated carbocycles. The molecule has 24 heavy (non-hydrogen) atoms. The summed E-state index contributed by atoms with van der Waals surface area (Å²) in [5.41, 5.74) is 0.0991. The molecule has 2 saturated heterocycles. The van der Waals surface area contributed by atoms with Crippen LogP contribution >= 0.6 is 0 Å². The van der Waals surface area contributed by atoms with Gasteiger partial charge in [0, 0.05) is 45.6 Å². The zero-order valence-corrected chi connectivity index (χ0v) is 15.8. The molecule has 0 aromatic heterocycles. The Labute approximate surface area is 145 Å². The highest BCUT2D eigenvalue weighted by atomic mass is 16.7. The number of nitrogens with zero attached hydrogens (tertiary/aromatic N) is 3. The molecule has 7 heteroatoms. The van der Waals surface area contributed by atoms with Crippen LogP contribution in [-0.2, 0) is 14.1 Å². The lowest BCUT2D eigenvalue weighted by atomic mass is 9.72. The van der Waals surface area contributed by atoms with E-state index in [4.69, 9.17) is 9.31 Å². The Morgan fingerprint density at radius 2 is 1.62 bits per heavy atom. The van der Waals surface area contributed by atoms with Crippen LogP contribution in [0.2, 0.25) is 5.82 Å². The lowest BCUT2D eigenvalue weighted by Gasteiger charge is -2.33. The van der Waals surface area contributed by atoms with Gasteiger partial charge in [-0.3, -0.25) is 4.79 Å². The van der Waals surface area contributed by atoms with Crippen LogP contribution < -0.4 is 0 Å². The van der Waals surface area contributed by atoms with Crippen molar-refractivity contribution in [2.24, 2.45) is 0 Å². The fourth-order valence-electron chi connectivity index (χ4n) is 3.43. The lowest BCUT2D eigenvalue weighted by molar-refractivity contribution is -0.130. The van der Waals surface area contributed by atoms with Gasteiger partial charge in [-0.05, 0) is 34.7 Å². The van der Waals surface area contributed by atoms with Gasteiger partial charge in [-0.25, -0.2) is 0 Å². The van der Waals surface area contributed by atoms with Crippen LogP contribution in [0.25, 0.3) is 0 Å². The van der Waals surface area contributed by atoms with Gasteiger partial charge < -0.3 is 24.0 Å². The summed E-state index contributed by atoms with van der Waals surface area (Å²) in [4.78, 5) is 19.1. The first kappa shape index (κ1) is 17.8. The molecule has 0 bridgehead atoms. The third-order valence-corrected chi connectivity index (χ3v) is 5.90. The van der Waals surface area contributed by atoms with Crippen LogP contribution in [0.4, 0.5) is 0 Å². The molecule has 0 radical (unpaired) electrons. The Bertz CT molecular complexity index is 525. The number of rotatable bonds is 2. The van der Waals surface area contributed by atoms with Crippen molar-refractivity contribution >= 4 is 13.0 Å². The fraction of sp³-hybridized carbons (Fsp3) is 0.824. The number of hydrogen-bond acceptors (Lipinski definition) is 5. The molecule has 0 aromatic rings. The van der Waals surface area contributed by atoms with Gasteiger partial charge in [0.25, 0.3) is 5.91 Å². The maximum atomic E-state index is 12.8. The van der Waals surface area contributed by atoms with Crippen LogP contribution in [0, 0.1) is 0 Å². The first-order chi connectivity index (χ1) is 11.1. The Morgan fingerprint density at radius 3 is 2.17 bits per heavy atom. The molecule has 1 atom stereocenters. The zero-order valence-electron chi connectivity index (χ0n) is 15.8. The molecule has 0 aliphatic carbocycles. The lowest BCUT2D eigenvalue weighted by Crippen LogP contribution is -2.48. The highest BCUT2D eigenvalue weighted by Crippen LogP contribution is 2.42. The zero-order chi connectivity index (χ0) is 17.7. The van der Waals surface area contributed by atoms with Crippen molar-refractivity contribution < 1.29 is 14.1 Å². The van der Waals surface area contributed by atoms with E-state index in [0.29, 0.717) is 0 Å². The van der Waals surface area contributed by atoms with E-state index in [-0.39, 0.29) is 30.0 Å². The molecule has 0 spiro atoms. The quantitative estimate of drug-likeness (QED) is 0.706. The van der Waals surface area contributed by atoms with Crippen molar-refractivity contribution in [1.82, 2.24) is 14.7 Å². The standard InChI is InChI=1S/C17H30BN3O3/c1-16(2)17(3,4)24-18(23-16)13-11-14(20(6)12-13)15(22)21-9-7-19(5)8-10-21/h11,13H,7-10,12H2,1-6H3. The van der Waals surface area contributed by atoms with Crippen molar-refractivity contribution in [3.05, 3.63) is 11.8 Å². The van der Waals surface area contributed by atoms with Crippen LogP contribution in [0.15, 0.2) is 11.8 Å². The van der Waals surface area contributed by atoms with Crippen LogP contribution in [-0.4, -0.2) is 85.7 Å². The van der Waals surface area contributed by atoms with E-state index in [9.17, 15) is 4.79 Å². The number of likely N-dealkylation sites (N-methyl/N-ethyl adjacent to an activating group) is 2. The Kier molecular flexibility index (Phi) is 4.47. The summed E-state index contributed by atoms with van der Waals surface area (Å²) in [6, 6.07) is 0. The molecule has 134 valence electrons. The van der Waals surface area contributed by atoms with E-state index in [1.165, 1.54) is 0 Å². The highest BCUT2D eigenvalue weighted by molar-refractivity contribution is 6.48. The topological polar surface area (TPSA) is 45.3 Å². The molecule has 0 N–H and O–H groups in total. The Balaban J connectivity index is 1.70. The summed E-state index contributed by atoms with van der Waals surface area (Å²) in [7, 11) is 3.78. The maximum Gasteiger partial charge on any atom is 0.467 e. The molecule has 1 amide bonds. The SMILES string of the molecule is CN1CCN(C(=O)C2=CC(B3OC(C)(C)C(C)(C)O3)CN2C)CC1. The number of amides is 1. The largest absolute Gasteiger partial charge is 0.467 e. The monoisotopic (exact) mass is 335 g/mol. The van der Waals surface area contributed by atoms with E-state index in [0.717, 1.165) is 38.4 Å². The van der Waals surface area contributed by atoms with Gasteiger partial charge in [-0.2, -0.15) is 0 Å². The number of carbonyl (C=O) groups excluding carboxylic acids is 1. The predicted octanol–water partition coefficient (Wildman–Crippen LogP) is 1.05. The highest BCUT2D eigenvalue weighted by Gasteiger charge is 2.54. The second-order valence-corrected chi connectivity index (χ2v) is 8.32. The Hall–Kier alpha value is -1.05. The summed E-state index contributed by atoms with van der Waals surface area (Å²) >= 11 is 0. The summed E-state index contributed by atoms with van der Waals surface area (Å²) in [5, 5.41) is 0. The molecule has 3 aliphatic heterocycles. The maximum absolute atomic E-state index is 12.8. The van der Waals surface area contributed by atoms with Gasteiger partial charge in [0.15, 0.2) is 0 Å². The second-order valence-electron chi connectivity index (χ2n) is 8.32. The first-order valence-corrected chi connectivity index (χ1v) is 8.87. The molecule has 3 rings (SSSR count). The molecule has 0 aromatic carbocycles. The molecule has 3 heterocycles. The summed E-state index contributed by atoms with van der Waals surface area (Å²) in [6.07, 6.45) is 2.04. The number of hydrogen-bond donors (Lipinski definition) is 0. The molecular formula is C17H30BN3O3. The molecular weight excluding hydrogens is 305 g/mol. The van der Waals surface area contributed by atoms with Crippen molar-refractivity contribution in [1.29, 1.82) is 0 Å². The van der Waals surface area contributed by atoms with Crippen molar-refractivity contribution in [3.63, 3.8) is 0 Å². The fourth-order valence-corrected chi connectivity index (χ4v) is 3.43. The van der Waals surface area contributed by atoms with Gasteiger partial charge in [-0.1, -0.05) is 6.08 Å². The van der Waals surface area contributed by atoms with Gasteiger partial charge in [0.05, 0.1) is 16.9 Å². The number of piperazine rings is 1. The van der Waals surface area contributed by atoms with Crippen LogP contribution in [0.1, 0.15) is 27.7 Å². The Morgan fingerprint density at radius 1 is 1.08 bits per heavy atom. The van der Waals surface area contributed by atoms with Crippen molar-refractivity contribution in [2.45, 2.75) is 44.7 Å². The number of carbonyl (C=O) groups is 1.